The summed E-state index contributed by atoms with van der Waals surface area (Å²) in [5, 5.41) is 9.91. The predicted molar refractivity (Wildman–Crippen MR) is 78.2 cm³/mol. The van der Waals surface area contributed by atoms with E-state index >= 15 is 0 Å². The molecule has 0 spiro atoms. The molecule has 1 aromatic heterocycles. The van der Waals surface area contributed by atoms with Gasteiger partial charge >= 0.3 is 0 Å². The number of primary amides is 1. The summed E-state index contributed by atoms with van der Waals surface area (Å²) in [4.78, 5) is 22.0. The van der Waals surface area contributed by atoms with E-state index < -0.39 is 5.91 Å². The van der Waals surface area contributed by atoms with Crippen molar-refractivity contribution < 1.29 is 4.79 Å². The number of nitrogens with one attached hydrogen (secondary N) is 2. The number of hydrogen-bond donors (Lipinski definition) is 3. The van der Waals surface area contributed by atoms with Gasteiger partial charge in [-0.05, 0) is 19.3 Å². The number of nitrogens with zero attached hydrogens (tertiary/aromatic N) is 3. The summed E-state index contributed by atoms with van der Waals surface area (Å²) in [5.74, 6) is 0.284. The molecule has 1 aromatic rings. The Kier molecular flexibility index (Phi) is 4.29. The van der Waals surface area contributed by atoms with Crippen molar-refractivity contribution in [1.82, 2.24) is 9.97 Å². The maximum absolute atomic E-state index is 11.4. The number of aromatic nitrogens is 2. The number of piperidine rings is 1. The fourth-order valence-corrected chi connectivity index (χ4v) is 2.11. The first-order chi connectivity index (χ1) is 9.61. The topological polar surface area (TPSA) is 108 Å². The third kappa shape index (κ3) is 3.11. The Bertz CT molecular complexity index is 536. The molecule has 0 aliphatic carbocycles. The zero-order valence-electron chi connectivity index (χ0n) is 11.2. The quantitative estimate of drug-likeness (QED) is 0.698. The number of hydrogen-bond acceptors (Lipinski definition) is 6. The third-order valence-electron chi connectivity index (χ3n) is 3.13. The monoisotopic (exact) mass is 274 g/mol. The van der Waals surface area contributed by atoms with Gasteiger partial charge in [-0.1, -0.05) is 6.58 Å². The van der Waals surface area contributed by atoms with Crippen LogP contribution in [0.2, 0.25) is 0 Å². The van der Waals surface area contributed by atoms with Gasteiger partial charge in [0.05, 0.1) is 11.9 Å². The first-order valence-electron chi connectivity index (χ1n) is 6.50. The number of rotatable bonds is 5. The van der Waals surface area contributed by atoms with Gasteiger partial charge in [-0.2, -0.15) is 0 Å². The second-order valence-electron chi connectivity index (χ2n) is 4.63. The molecule has 20 heavy (non-hydrogen) atoms. The van der Waals surface area contributed by atoms with E-state index in [9.17, 15) is 4.79 Å². The average molecular weight is 274 g/mol. The first-order valence-corrected chi connectivity index (χ1v) is 6.50. The lowest BCUT2D eigenvalue weighted by Crippen LogP contribution is -2.31. The van der Waals surface area contributed by atoms with Gasteiger partial charge in [0, 0.05) is 19.3 Å². The molecule has 0 unspecified atom stereocenters. The van der Waals surface area contributed by atoms with Gasteiger partial charge in [0.25, 0.3) is 5.91 Å². The van der Waals surface area contributed by atoms with E-state index in [0.717, 1.165) is 32.1 Å². The number of carbonyl (C=O) groups is 1. The molecule has 0 atom stereocenters. The van der Waals surface area contributed by atoms with Crippen LogP contribution in [0.3, 0.4) is 0 Å². The Morgan fingerprint density at radius 2 is 2.15 bits per heavy atom. The van der Waals surface area contributed by atoms with Crippen molar-refractivity contribution in [2.45, 2.75) is 19.3 Å². The molecule has 1 saturated heterocycles. The van der Waals surface area contributed by atoms with Crippen LogP contribution in [-0.2, 0) is 0 Å². The molecule has 2 heterocycles. The standard InChI is InChI=1S/C13H18N6O/c1-9(7-14)17-13-11(12(15)20)16-8-10(18-13)19-5-3-2-4-6-19/h7-8,14H,1-6H2,(H2,15,20)(H,17,18). The summed E-state index contributed by atoms with van der Waals surface area (Å²) in [6.07, 6.45) is 6.06. The second-order valence-corrected chi connectivity index (χ2v) is 4.63. The molecule has 2 rings (SSSR count). The van der Waals surface area contributed by atoms with Crippen LogP contribution in [0, 0.1) is 5.41 Å². The van der Waals surface area contributed by atoms with Crippen LogP contribution in [0.15, 0.2) is 18.5 Å². The molecule has 1 fully saturated rings. The van der Waals surface area contributed by atoms with Crippen molar-refractivity contribution in [1.29, 1.82) is 5.41 Å². The number of anilines is 2. The van der Waals surface area contributed by atoms with Crippen molar-refractivity contribution in [2.75, 3.05) is 23.3 Å². The number of nitrogens with two attached hydrogens (primary N) is 1. The van der Waals surface area contributed by atoms with Crippen LogP contribution in [0.1, 0.15) is 29.8 Å². The zero-order chi connectivity index (χ0) is 14.5. The molecule has 7 heteroatoms. The molecule has 1 aliphatic rings. The highest BCUT2D eigenvalue weighted by atomic mass is 16.1. The summed E-state index contributed by atoms with van der Waals surface area (Å²) in [5.41, 5.74) is 5.65. The van der Waals surface area contributed by atoms with Crippen molar-refractivity contribution >= 4 is 23.8 Å². The summed E-state index contributed by atoms with van der Waals surface area (Å²) in [6.45, 7) is 5.48. The van der Waals surface area contributed by atoms with Crippen molar-refractivity contribution in [3.05, 3.63) is 24.2 Å². The molecular formula is C13H18N6O. The normalized spacial score (nSPS) is 14.7. The van der Waals surface area contributed by atoms with E-state index in [4.69, 9.17) is 11.1 Å². The van der Waals surface area contributed by atoms with Crippen LogP contribution in [-0.4, -0.2) is 35.2 Å². The van der Waals surface area contributed by atoms with Gasteiger partial charge in [0.15, 0.2) is 11.5 Å². The molecule has 7 nitrogen and oxygen atoms in total. The van der Waals surface area contributed by atoms with Crippen LogP contribution >= 0.6 is 0 Å². The van der Waals surface area contributed by atoms with E-state index in [1.54, 1.807) is 6.20 Å². The molecule has 0 radical (unpaired) electrons. The van der Waals surface area contributed by atoms with Gasteiger partial charge in [-0.3, -0.25) is 4.79 Å². The SMILES string of the molecule is C=C(C=N)Nc1nc(N2CCCCC2)cnc1C(N)=O. The molecule has 0 bridgehead atoms. The highest BCUT2D eigenvalue weighted by Gasteiger charge is 2.17. The van der Waals surface area contributed by atoms with E-state index in [2.05, 4.69) is 26.8 Å². The van der Waals surface area contributed by atoms with E-state index in [-0.39, 0.29) is 11.5 Å². The fraction of sp³-hybridized carbons (Fsp3) is 0.385. The largest absolute Gasteiger partial charge is 0.364 e. The summed E-state index contributed by atoms with van der Waals surface area (Å²) in [6, 6.07) is 0. The first kappa shape index (κ1) is 14.0. The van der Waals surface area contributed by atoms with Crippen molar-refractivity contribution in [3.8, 4) is 0 Å². The lowest BCUT2D eigenvalue weighted by atomic mass is 10.1. The maximum Gasteiger partial charge on any atom is 0.271 e. The Balaban J connectivity index is 2.31. The lowest BCUT2D eigenvalue weighted by Gasteiger charge is -2.27. The lowest BCUT2D eigenvalue weighted by molar-refractivity contribution is 0.0996. The Labute approximate surface area is 117 Å². The highest BCUT2D eigenvalue weighted by molar-refractivity contribution is 5.96. The number of carbonyl (C=O) groups excluding carboxylic acids is 1. The minimum absolute atomic E-state index is 0.0498. The summed E-state index contributed by atoms with van der Waals surface area (Å²) < 4.78 is 0. The Morgan fingerprint density at radius 3 is 2.75 bits per heavy atom. The number of allylic oxidation sites excluding steroid dienone is 1. The van der Waals surface area contributed by atoms with E-state index in [0.29, 0.717) is 11.5 Å². The minimum atomic E-state index is -0.664. The fourth-order valence-electron chi connectivity index (χ4n) is 2.11. The predicted octanol–water partition coefficient (Wildman–Crippen LogP) is 1.14. The summed E-state index contributed by atoms with van der Waals surface area (Å²) in [7, 11) is 0. The smallest absolute Gasteiger partial charge is 0.271 e. The molecule has 1 amide bonds. The summed E-state index contributed by atoms with van der Waals surface area (Å²) >= 11 is 0. The molecule has 1 aliphatic heterocycles. The van der Waals surface area contributed by atoms with Crippen LogP contribution < -0.4 is 16.0 Å². The van der Waals surface area contributed by atoms with Gasteiger partial charge in [-0.15, -0.1) is 0 Å². The Morgan fingerprint density at radius 1 is 1.45 bits per heavy atom. The molecule has 0 aromatic carbocycles. The molecular weight excluding hydrogens is 256 g/mol. The molecule has 4 N–H and O–H groups in total. The second kappa shape index (κ2) is 6.14. The van der Waals surface area contributed by atoms with E-state index in [1.165, 1.54) is 6.42 Å². The van der Waals surface area contributed by atoms with Crippen LogP contribution in [0.4, 0.5) is 11.6 Å². The van der Waals surface area contributed by atoms with Gasteiger partial charge in [-0.25, -0.2) is 9.97 Å². The average Bonchev–Trinajstić information content (AvgIpc) is 2.47. The molecule has 106 valence electrons. The zero-order valence-corrected chi connectivity index (χ0v) is 11.2. The van der Waals surface area contributed by atoms with Crippen molar-refractivity contribution in [3.63, 3.8) is 0 Å². The maximum atomic E-state index is 11.4. The van der Waals surface area contributed by atoms with Gasteiger partial charge in [0.1, 0.15) is 5.82 Å². The van der Waals surface area contributed by atoms with Gasteiger partial charge < -0.3 is 21.4 Å². The van der Waals surface area contributed by atoms with Crippen LogP contribution in [0.25, 0.3) is 0 Å². The van der Waals surface area contributed by atoms with E-state index in [1.807, 2.05) is 0 Å². The third-order valence-corrected chi connectivity index (χ3v) is 3.13. The Hall–Kier alpha value is -2.44. The molecule has 0 saturated carbocycles. The minimum Gasteiger partial charge on any atom is -0.364 e. The number of amides is 1. The highest BCUT2D eigenvalue weighted by Crippen LogP contribution is 2.20. The van der Waals surface area contributed by atoms with Crippen LogP contribution in [0.5, 0.6) is 0 Å². The van der Waals surface area contributed by atoms with Crippen molar-refractivity contribution in [2.24, 2.45) is 5.73 Å². The van der Waals surface area contributed by atoms with Gasteiger partial charge in [0.2, 0.25) is 0 Å².